The summed E-state index contributed by atoms with van der Waals surface area (Å²) in [5.74, 6) is 5.60. The van der Waals surface area contributed by atoms with Crippen molar-refractivity contribution < 1.29 is 9.90 Å². The Kier molecular flexibility index (Phi) is 6.06. The zero-order chi connectivity index (χ0) is 25.2. The van der Waals surface area contributed by atoms with Gasteiger partial charge in [-0.25, -0.2) is 4.79 Å². The van der Waals surface area contributed by atoms with Gasteiger partial charge in [0, 0.05) is 48.0 Å². The van der Waals surface area contributed by atoms with E-state index in [0.717, 1.165) is 48.1 Å². The summed E-state index contributed by atoms with van der Waals surface area (Å²) in [6.45, 7) is 2.88. The third-order valence-corrected chi connectivity index (χ3v) is 7.02. The van der Waals surface area contributed by atoms with Crippen LogP contribution >= 0.6 is 0 Å². The second-order valence-electron chi connectivity index (χ2n) is 9.49. The standard InChI is InChI=1S/C33H26N2O2/c36-33(37)30-10-4-9-27(32(30)28-14-13-26-15-17-34-31(26)20-28)12-11-23-5-3-6-24(19-23)21-35-18-16-25-7-1-2-8-29(25)22-35/h1-10,13-15,17,19-20,34H,16,18,21-22H2,(H,36,37). The van der Waals surface area contributed by atoms with E-state index in [1.165, 1.54) is 16.7 Å². The molecule has 4 nitrogen and oxygen atoms in total. The quantitative estimate of drug-likeness (QED) is 0.288. The monoisotopic (exact) mass is 482 g/mol. The van der Waals surface area contributed by atoms with Gasteiger partial charge in [0.15, 0.2) is 0 Å². The van der Waals surface area contributed by atoms with Gasteiger partial charge in [0.2, 0.25) is 0 Å². The maximum atomic E-state index is 12.1. The first-order chi connectivity index (χ1) is 18.1. The van der Waals surface area contributed by atoms with Crippen molar-refractivity contribution in [2.45, 2.75) is 19.5 Å². The van der Waals surface area contributed by atoms with Gasteiger partial charge in [0.25, 0.3) is 0 Å². The normalized spacial score (nSPS) is 13.1. The molecule has 180 valence electrons. The Morgan fingerprint density at radius 3 is 2.65 bits per heavy atom. The van der Waals surface area contributed by atoms with E-state index in [0.29, 0.717) is 11.1 Å². The number of aromatic carboxylic acids is 1. The van der Waals surface area contributed by atoms with Gasteiger partial charge in [-0.1, -0.05) is 66.4 Å². The summed E-state index contributed by atoms with van der Waals surface area (Å²) in [4.78, 5) is 17.8. The molecule has 0 saturated carbocycles. The highest BCUT2D eigenvalue weighted by Gasteiger charge is 2.17. The fourth-order valence-electron chi connectivity index (χ4n) is 5.18. The number of H-pyrrole nitrogens is 1. The van der Waals surface area contributed by atoms with E-state index in [1.807, 2.05) is 48.7 Å². The lowest BCUT2D eigenvalue weighted by atomic mass is 9.93. The first kappa shape index (κ1) is 22.8. The lowest BCUT2D eigenvalue weighted by Crippen LogP contribution is -2.29. The number of hydrogen-bond donors (Lipinski definition) is 2. The lowest BCUT2D eigenvalue weighted by Gasteiger charge is -2.28. The molecule has 6 rings (SSSR count). The van der Waals surface area contributed by atoms with Crippen LogP contribution in [-0.2, 0) is 19.5 Å². The number of hydrogen-bond acceptors (Lipinski definition) is 2. The van der Waals surface area contributed by atoms with Crippen molar-refractivity contribution in [3.63, 3.8) is 0 Å². The minimum absolute atomic E-state index is 0.247. The maximum Gasteiger partial charge on any atom is 0.336 e. The van der Waals surface area contributed by atoms with Gasteiger partial charge in [-0.3, -0.25) is 4.90 Å². The highest BCUT2D eigenvalue weighted by molar-refractivity contribution is 5.99. The third kappa shape index (κ3) is 4.78. The molecule has 0 aliphatic carbocycles. The van der Waals surface area contributed by atoms with Crippen molar-refractivity contribution in [3.05, 3.63) is 131 Å². The van der Waals surface area contributed by atoms with Crippen LogP contribution < -0.4 is 0 Å². The molecule has 5 aromatic rings. The highest BCUT2D eigenvalue weighted by Crippen LogP contribution is 2.30. The summed E-state index contributed by atoms with van der Waals surface area (Å²) in [7, 11) is 0. The van der Waals surface area contributed by atoms with Crippen LogP contribution in [0.25, 0.3) is 22.0 Å². The second kappa shape index (κ2) is 9.81. The van der Waals surface area contributed by atoms with Gasteiger partial charge in [-0.15, -0.1) is 0 Å². The number of fused-ring (bicyclic) bond motifs is 2. The van der Waals surface area contributed by atoms with Crippen LogP contribution in [0.1, 0.15) is 38.2 Å². The SMILES string of the molecule is O=C(O)c1cccc(C#Cc2cccc(CN3CCc4ccccc4C3)c2)c1-c1ccc2cc[nH]c2c1. The fraction of sp³-hybridized carbons (Fsp3) is 0.121. The first-order valence-electron chi connectivity index (χ1n) is 12.5. The van der Waals surface area contributed by atoms with E-state index >= 15 is 0 Å². The zero-order valence-corrected chi connectivity index (χ0v) is 20.4. The molecule has 1 aliphatic heterocycles. The summed E-state index contributed by atoms with van der Waals surface area (Å²) >= 11 is 0. The Labute approximate surface area is 216 Å². The smallest absolute Gasteiger partial charge is 0.336 e. The molecule has 0 amide bonds. The molecular weight excluding hydrogens is 456 g/mol. The molecule has 0 unspecified atom stereocenters. The van der Waals surface area contributed by atoms with Gasteiger partial charge in [-0.05, 0) is 70.5 Å². The Morgan fingerprint density at radius 2 is 1.76 bits per heavy atom. The molecule has 37 heavy (non-hydrogen) atoms. The van der Waals surface area contributed by atoms with Gasteiger partial charge in [0.1, 0.15) is 0 Å². The fourth-order valence-corrected chi connectivity index (χ4v) is 5.18. The van der Waals surface area contributed by atoms with Gasteiger partial charge in [-0.2, -0.15) is 0 Å². The molecule has 2 heterocycles. The van der Waals surface area contributed by atoms with E-state index in [2.05, 4.69) is 58.1 Å². The number of carboxylic acids is 1. The maximum absolute atomic E-state index is 12.1. The van der Waals surface area contributed by atoms with Crippen LogP contribution in [0, 0.1) is 11.8 Å². The van der Waals surface area contributed by atoms with Crippen LogP contribution in [0.5, 0.6) is 0 Å². The van der Waals surface area contributed by atoms with Crippen LogP contribution in [0.4, 0.5) is 0 Å². The highest BCUT2D eigenvalue weighted by atomic mass is 16.4. The number of aromatic nitrogens is 1. The molecule has 1 aromatic heterocycles. The molecule has 0 bridgehead atoms. The molecule has 0 fully saturated rings. The van der Waals surface area contributed by atoms with Crippen molar-refractivity contribution in [1.29, 1.82) is 0 Å². The molecule has 4 aromatic carbocycles. The molecule has 4 heteroatoms. The van der Waals surface area contributed by atoms with Crippen LogP contribution in [0.15, 0.2) is 97.2 Å². The van der Waals surface area contributed by atoms with Gasteiger partial charge < -0.3 is 10.1 Å². The van der Waals surface area contributed by atoms with E-state index in [9.17, 15) is 9.90 Å². The predicted molar refractivity (Wildman–Crippen MR) is 147 cm³/mol. The number of aromatic amines is 1. The summed E-state index contributed by atoms with van der Waals surface area (Å²) < 4.78 is 0. The molecule has 0 radical (unpaired) electrons. The zero-order valence-electron chi connectivity index (χ0n) is 20.4. The Hall–Kier alpha value is -4.59. The second-order valence-corrected chi connectivity index (χ2v) is 9.49. The number of nitrogens with zero attached hydrogens (tertiary/aromatic N) is 1. The van der Waals surface area contributed by atoms with Crippen LogP contribution in [0.3, 0.4) is 0 Å². The van der Waals surface area contributed by atoms with Crippen molar-refractivity contribution in [3.8, 4) is 23.0 Å². The summed E-state index contributed by atoms with van der Waals surface area (Å²) in [6.07, 6.45) is 2.96. The third-order valence-electron chi connectivity index (χ3n) is 7.02. The van der Waals surface area contributed by atoms with Crippen molar-refractivity contribution >= 4 is 16.9 Å². The van der Waals surface area contributed by atoms with Crippen LogP contribution in [0.2, 0.25) is 0 Å². The first-order valence-corrected chi connectivity index (χ1v) is 12.5. The molecular formula is C33H26N2O2. The lowest BCUT2D eigenvalue weighted by molar-refractivity contribution is 0.0697. The number of carboxylic acid groups (broad SMARTS) is 1. The van der Waals surface area contributed by atoms with Crippen molar-refractivity contribution in [2.75, 3.05) is 6.54 Å². The largest absolute Gasteiger partial charge is 0.478 e. The molecule has 2 N–H and O–H groups in total. The number of nitrogens with one attached hydrogen (secondary N) is 1. The topological polar surface area (TPSA) is 56.3 Å². The van der Waals surface area contributed by atoms with Crippen LogP contribution in [-0.4, -0.2) is 27.5 Å². The summed E-state index contributed by atoms with van der Waals surface area (Å²) in [5, 5.41) is 11.0. The van der Waals surface area contributed by atoms with E-state index in [1.54, 1.807) is 12.1 Å². The van der Waals surface area contributed by atoms with Crippen molar-refractivity contribution in [1.82, 2.24) is 9.88 Å². The van der Waals surface area contributed by atoms with E-state index in [-0.39, 0.29) is 5.56 Å². The number of rotatable bonds is 4. The minimum Gasteiger partial charge on any atom is -0.478 e. The van der Waals surface area contributed by atoms with Gasteiger partial charge in [0.05, 0.1) is 5.56 Å². The van der Waals surface area contributed by atoms with Crippen molar-refractivity contribution in [2.24, 2.45) is 0 Å². The average Bonchev–Trinajstić information content (AvgIpc) is 3.40. The average molecular weight is 483 g/mol. The van der Waals surface area contributed by atoms with Gasteiger partial charge >= 0.3 is 5.97 Å². The van der Waals surface area contributed by atoms with E-state index < -0.39 is 5.97 Å². The molecule has 0 spiro atoms. The molecule has 0 saturated heterocycles. The Morgan fingerprint density at radius 1 is 0.892 bits per heavy atom. The molecule has 1 aliphatic rings. The molecule has 0 atom stereocenters. The Bertz CT molecular complexity index is 1690. The minimum atomic E-state index is -0.963. The summed E-state index contributed by atoms with van der Waals surface area (Å²) in [6, 6.07) is 30.3. The van der Waals surface area contributed by atoms with E-state index in [4.69, 9.17) is 0 Å². The Balaban J connectivity index is 1.30. The number of carbonyl (C=O) groups is 1. The summed E-state index contributed by atoms with van der Waals surface area (Å²) in [5.41, 5.74) is 8.38. The number of benzene rings is 4. The predicted octanol–water partition coefficient (Wildman–Crippen LogP) is 6.49.